The van der Waals surface area contributed by atoms with Crippen LogP contribution in [0, 0.1) is 10.1 Å². The molecule has 0 atom stereocenters. The smallest absolute Gasteiger partial charge is 0.305 e. The first kappa shape index (κ1) is 19.9. The number of halogens is 3. The molecule has 1 heterocycles. The lowest BCUT2D eigenvalue weighted by Crippen LogP contribution is -2.26. The highest BCUT2D eigenvalue weighted by atomic mass is 35.5. The third kappa shape index (κ3) is 4.68. The first-order chi connectivity index (χ1) is 9.91. The van der Waals surface area contributed by atoms with E-state index in [1.54, 1.807) is 14.1 Å². The third-order valence-electron chi connectivity index (χ3n) is 2.31. The summed E-state index contributed by atoms with van der Waals surface area (Å²) in [6.07, 6.45) is 0. The second-order valence-corrected chi connectivity index (χ2v) is 11.4. The molecular formula is C9H12Cl3N3O4S3. The lowest BCUT2D eigenvalue weighted by Gasteiger charge is -2.21. The van der Waals surface area contributed by atoms with Crippen LogP contribution in [-0.4, -0.2) is 44.0 Å². The molecule has 1 rings (SSSR count). The van der Waals surface area contributed by atoms with Crippen molar-refractivity contribution in [3.63, 3.8) is 0 Å². The van der Waals surface area contributed by atoms with E-state index >= 15 is 0 Å². The maximum absolute atomic E-state index is 12.3. The second-order valence-electron chi connectivity index (χ2n) is 4.21. The molecule has 13 heteroatoms. The van der Waals surface area contributed by atoms with E-state index in [9.17, 15) is 18.5 Å². The standard InChI is InChI=1S/C9H12Cl3N3O4S3/c1-13(2)8-6(15(16)17)4-7(20-8)14(3)22(18,19)21-9(11,12)5-10/h4H,5H2,1-3H3. The van der Waals surface area contributed by atoms with E-state index in [1.165, 1.54) is 18.0 Å². The first-order valence-electron chi connectivity index (χ1n) is 5.50. The molecule has 0 N–H and O–H groups in total. The predicted octanol–water partition coefficient (Wildman–Crippen LogP) is 3.51. The summed E-state index contributed by atoms with van der Waals surface area (Å²) in [6.45, 7) is 0. The normalized spacial score (nSPS) is 12.3. The SMILES string of the molecule is CN(C)c1sc(N(C)S(=O)(=O)SC(Cl)(Cl)CCl)cc1[N+](=O)[O-]. The summed E-state index contributed by atoms with van der Waals surface area (Å²) in [4.78, 5) is 12.0. The minimum atomic E-state index is -3.97. The molecule has 0 saturated heterocycles. The molecule has 0 aliphatic carbocycles. The molecule has 0 amide bonds. The molecule has 0 saturated carbocycles. The van der Waals surface area contributed by atoms with Crippen LogP contribution in [0.1, 0.15) is 0 Å². The maximum atomic E-state index is 12.3. The highest BCUT2D eigenvalue weighted by Crippen LogP contribution is 2.46. The molecule has 126 valence electrons. The summed E-state index contributed by atoms with van der Waals surface area (Å²) in [6, 6.07) is 1.18. The average molecular weight is 429 g/mol. The molecule has 0 unspecified atom stereocenters. The van der Waals surface area contributed by atoms with Crippen molar-refractivity contribution in [2.45, 2.75) is 3.67 Å². The molecule has 0 fully saturated rings. The average Bonchev–Trinajstić information content (AvgIpc) is 2.81. The van der Waals surface area contributed by atoms with Crippen molar-refractivity contribution in [1.82, 2.24) is 0 Å². The second kappa shape index (κ2) is 7.18. The Morgan fingerprint density at radius 2 is 1.95 bits per heavy atom. The number of thiophene rings is 1. The Balaban J connectivity index is 3.20. The zero-order valence-electron chi connectivity index (χ0n) is 11.6. The monoisotopic (exact) mass is 427 g/mol. The van der Waals surface area contributed by atoms with E-state index in [2.05, 4.69) is 0 Å². The van der Waals surface area contributed by atoms with Gasteiger partial charge in [0.1, 0.15) is 5.00 Å². The molecule has 1 aromatic rings. The van der Waals surface area contributed by atoms with Crippen molar-refractivity contribution in [1.29, 1.82) is 0 Å². The van der Waals surface area contributed by atoms with Gasteiger partial charge in [-0.05, 0) is 0 Å². The van der Waals surface area contributed by atoms with Gasteiger partial charge in [-0.1, -0.05) is 34.5 Å². The van der Waals surface area contributed by atoms with E-state index in [4.69, 9.17) is 34.8 Å². The van der Waals surface area contributed by atoms with Gasteiger partial charge in [-0.15, -0.1) is 11.6 Å². The fraction of sp³-hybridized carbons (Fsp3) is 0.556. The fourth-order valence-corrected chi connectivity index (χ4v) is 6.98. The van der Waals surface area contributed by atoms with Gasteiger partial charge in [0.05, 0.1) is 16.9 Å². The number of hydrogen-bond acceptors (Lipinski definition) is 7. The zero-order chi connectivity index (χ0) is 17.3. The number of nitro groups is 1. The lowest BCUT2D eigenvalue weighted by molar-refractivity contribution is -0.383. The summed E-state index contributed by atoms with van der Waals surface area (Å²) in [5, 5.41) is 11.5. The van der Waals surface area contributed by atoms with Crippen LogP contribution in [0.2, 0.25) is 0 Å². The topological polar surface area (TPSA) is 83.8 Å². The highest BCUT2D eigenvalue weighted by Gasteiger charge is 2.36. The molecule has 0 radical (unpaired) electrons. The van der Waals surface area contributed by atoms with Gasteiger partial charge in [0.2, 0.25) is 0 Å². The summed E-state index contributed by atoms with van der Waals surface area (Å²) >= 11 is 18.0. The van der Waals surface area contributed by atoms with Crippen LogP contribution in [-0.2, 0) is 9.06 Å². The van der Waals surface area contributed by atoms with Gasteiger partial charge in [0.25, 0.3) is 9.06 Å². The molecule has 7 nitrogen and oxygen atoms in total. The van der Waals surface area contributed by atoms with Crippen molar-refractivity contribution in [2.75, 3.05) is 36.2 Å². The van der Waals surface area contributed by atoms with Crippen LogP contribution in [0.15, 0.2) is 6.07 Å². The Morgan fingerprint density at radius 1 is 1.41 bits per heavy atom. The van der Waals surface area contributed by atoms with E-state index in [1.807, 2.05) is 0 Å². The predicted molar refractivity (Wildman–Crippen MR) is 95.4 cm³/mol. The number of hydrogen-bond donors (Lipinski definition) is 0. The largest absolute Gasteiger partial charge is 0.364 e. The highest BCUT2D eigenvalue weighted by molar-refractivity contribution is 8.73. The van der Waals surface area contributed by atoms with Gasteiger partial charge in [-0.2, -0.15) is 8.42 Å². The molecule has 0 aliphatic heterocycles. The van der Waals surface area contributed by atoms with E-state index in [-0.39, 0.29) is 27.4 Å². The van der Waals surface area contributed by atoms with Crippen LogP contribution < -0.4 is 9.21 Å². The Bertz CT molecular complexity index is 662. The zero-order valence-corrected chi connectivity index (χ0v) is 16.3. The number of rotatable bonds is 7. The van der Waals surface area contributed by atoms with Crippen LogP contribution in [0.4, 0.5) is 15.7 Å². The summed E-state index contributed by atoms with van der Waals surface area (Å²) in [5.41, 5.74) is -0.183. The van der Waals surface area contributed by atoms with Crippen molar-refractivity contribution in [3.05, 3.63) is 16.2 Å². The number of alkyl halides is 3. The van der Waals surface area contributed by atoms with Crippen molar-refractivity contribution >= 4 is 81.7 Å². The van der Waals surface area contributed by atoms with Crippen molar-refractivity contribution in [3.8, 4) is 0 Å². The summed E-state index contributed by atoms with van der Waals surface area (Å²) in [7, 11) is 0.805. The molecule has 1 aromatic heterocycles. The number of anilines is 2. The molecule has 22 heavy (non-hydrogen) atoms. The van der Waals surface area contributed by atoms with Crippen LogP contribution >= 0.6 is 56.9 Å². The Kier molecular flexibility index (Phi) is 6.50. The van der Waals surface area contributed by atoms with Gasteiger partial charge in [-0.25, -0.2) is 0 Å². The molecule has 0 aromatic carbocycles. The minimum Gasteiger partial charge on any atom is -0.364 e. The van der Waals surface area contributed by atoms with E-state index in [0.717, 1.165) is 15.6 Å². The van der Waals surface area contributed by atoms with Crippen LogP contribution in [0.25, 0.3) is 0 Å². The first-order valence-corrected chi connectivity index (χ1v) is 10.4. The number of nitrogens with zero attached hydrogens (tertiary/aromatic N) is 3. The maximum Gasteiger partial charge on any atom is 0.305 e. The van der Waals surface area contributed by atoms with Crippen molar-refractivity contribution < 1.29 is 13.3 Å². The third-order valence-corrected chi connectivity index (χ3v) is 9.53. The van der Waals surface area contributed by atoms with Gasteiger partial charge < -0.3 is 4.90 Å². The minimum absolute atomic E-state index is 0.168. The fourth-order valence-electron chi connectivity index (χ4n) is 1.31. The van der Waals surface area contributed by atoms with Crippen molar-refractivity contribution in [2.24, 2.45) is 0 Å². The van der Waals surface area contributed by atoms with E-state index in [0.29, 0.717) is 5.00 Å². The van der Waals surface area contributed by atoms with Gasteiger partial charge in [-0.3, -0.25) is 14.4 Å². The van der Waals surface area contributed by atoms with Gasteiger partial charge >= 0.3 is 5.69 Å². The molecule has 0 spiro atoms. The summed E-state index contributed by atoms with van der Waals surface area (Å²) in [5.74, 6) is -0.304. The lowest BCUT2D eigenvalue weighted by atomic mass is 10.5. The molecular weight excluding hydrogens is 417 g/mol. The summed E-state index contributed by atoms with van der Waals surface area (Å²) < 4.78 is 23.7. The Labute approximate surface area is 150 Å². The van der Waals surface area contributed by atoms with Crippen LogP contribution in [0.5, 0.6) is 0 Å². The molecule has 0 bridgehead atoms. The van der Waals surface area contributed by atoms with Gasteiger partial charge in [0, 0.05) is 31.9 Å². The van der Waals surface area contributed by atoms with E-state index < -0.39 is 17.6 Å². The quantitative estimate of drug-likeness (QED) is 0.286. The Morgan fingerprint density at radius 3 is 2.32 bits per heavy atom. The molecule has 0 aliphatic rings. The van der Waals surface area contributed by atoms with Gasteiger partial charge in [0.15, 0.2) is 8.67 Å². The van der Waals surface area contributed by atoms with Crippen LogP contribution in [0.3, 0.4) is 0 Å². The Hall–Kier alpha value is -0.130.